The van der Waals surface area contributed by atoms with Gasteiger partial charge in [-0.3, -0.25) is 0 Å². The zero-order valence-electron chi connectivity index (χ0n) is 10.5. The highest BCUT2D eigenvalue weighted by molar-refractivity contribution is 7.72. The first kappa shape index (κ1) is 12.8. The van der Waals surface area contributed by atoms with Gasteiger partial charge in [-0.1, -0.05) is 48.5 Å². The molecular formula is C15H15O2P. The molecule has 2 aromatic carbocycles. The second-order valence-corrected chi connectivity index (χ2v) is 6.02. The monoisotopic (exact) mass is 258 g/mol. The maximum Gasteiger partial charge on any atom is 0.338 e. The molecule has 1 unspecified atom stereocenters. The lowest BCUT2D eigenvalue weighted by Gasteiger charge is -2.16. The second kappa shape index (κ2) is 5.79. The van der Waals surface area contributed by atoms with Crippen LogP contribution in [0, 0.1) is 0 Å². The Bertz CT molecular complexity index is 537. The first-order valence-electron chi connectivity index (χ1n) is 5.70. The van der Waals surface area contributed by atoms with Crippen LogP contribution in [-0.4, -0.2) is 19.7 Å². The fourth-order valence-electron chi connectivity index (χ4n) is 1.84. The topological polar surface area (TPSA) is 26.3 Å². The number of carbonyl (C=O) groups excluding carboxylic acids is 1. The Hall–Kier alpha value is -1.66. The van der Waals surface area contributed by atoms with E-state index >= 15 is 0 Å². The van der Waals surface area contributed by atoms with Gasteiger partial charge in [0.15, 0.2) is 0 Å². The predicted octanol–water partition coefficient (Wildman–Crippen LogP) is 2.54. The number of hydrogen-bond acceptors (Lipinski definition) is 2. The number of methoxy groups -OCH3 is 1. The van der Waals surface area contributed by atoms with Crippen LogP contribution in [0.15, 0.2) is 54.6 Å². The van der Waals surface area contributed by atoms with E-state index in [-0.39, 0.29) is 5.97 Å². The van der Waals surface area contributed by atoms with Gasteiger partial charge in [0.25, 0.3) is 0 Å². The second-order valence-electron chi connectivity index (χ2n) is 3.90. The number of carbonyl (C=O) groups is 1. The Labute approximate surface area is 108 Å². The van der Waals surface area contributed by atoms with Crippen molar-refractivity contribution in [2.24, 2.45) is 0 Å². The summed E-state index contributed by atoms with van der Waals surface area (Å²) in [5.41, 5.74) is 0.664. The number of ether oxygens (including phenoxy) is 1. The molecule has 0 aliphatic heterocycles. The molecule has 0 spiro atoms. The Morgan fingerprint density at radius 3 is 2.28 bits per heavy atom. The highest BCUT2D eigenvalue weighted by atomic mass is 31.1. The molecule has 2 aromatic rings. The summed E-state index contributed by atoms with van der Waals surface area (Å²) in [6, 6.07) is 17.9. The van der Waals surface area contributed by atoms with E-state index in [0.717, 1.165) is 5.30 Å². The molecule has 18 heavy (non-hydrogen) atoms. The van der Waals surface area contributed by atoms with Gasteiger partial charge in [0.1, 0.15) is 0 Å². The van der Waals surface area contributed by atoms with Crippen molar-refractivity contribution in [1.82, 2.24) is 0 Å². The normalized spacial score (nSPS) is 11.9. The van der Waals surface area contributed by atoms with Crippen molar-refractivity contribution < 1.29 is 9.53 Å². The van der Waals surface area contributed by atoms with Crippen LogP contribution in [0.2, 0.25) is 0 Å². The molecule has 0 amide bonds. The van der Waals surface area contributed by atoms with Gasteiger partial charge < -0.3 is 4.74 Å². The predicted molar refractivity (Wildman–Crippen MR) is 76.3 cm³/mol. The van der Waals surface area contributed by atoms with Gasteiger partial charge in [0, 0.05) is 0 Å². The maximum atomic E-state index is 11.8. The van der Waals surface area contributed by atoms with E-state index < -0.39 is 7.92 Å². The van der Waals surface area contributed by atoms with Gasteiger partial charge >= 0.3 is 5.97 Å². The summed E-state index contributed by atoms with van der Waals surface area (Å²) in [5, 5.41) is 2.31. The van der Waals surface area contributed by atoms with Crippen molar-refractivity contribution >= 4 is 24.5 Å². The molecule has 3 heteroatoms. The zero-order valence-corrected chi connectivity index (χ0v) is 11.4. The van der Waals surface area contributed by atoms with Crippen LogP contribution >= 0.6 is 7.92 Å². The molecular weight excluding hydrogens is 243 g/mol. The van der Waals surface area contributed by atoms with Crippen molar-refractivity contribution in [2.75, 3.05) is 13.8 Å². The fourth-order valence-corrected chi connectivity index (χ4v) is 3.57. The molecule has 2 nitrogen and oxygen atoms in total. The highest BCUT2D eigenvalue weighted by Crippen LogP contribution is 2.30. The molecule has 0 aromatic heterocycles. The third kappa shape index (κ3) is 2.60. The Balaban J connectivity index is 2.42. The first-order valence-corrected chi connectivity index (χ1v) is 7.49. The van der Waals surface area contributed by atoms with Crippen LogP contribution in [-0.2, 0) is 4.74 Å². The number of rotatable bonds is 3. The smallest absolute Gasteiger partial charge is 0.338 e. The van der Waals surface area contributed by atoms with E-state index in [1.54, 1.807) is 0 Å². The lowest BCUT2D eigenvalue weighted by molar-refractivity contribution is 0.0602. The lowest BCUT2D eigenvalue weighted by atomic mass is 10.2. The van der Waals surface area contributed by atoms with Crippen LogP contribution in [0.4, 0.5) is 0 Å². The molecule has 0 saturated carbocycles. The molecule has 0 heterocycles. The molecule has 0 aliphatic carbocycles. The van der Waals surface area contributed by atoms with Crippen molar-refractivity contribution in [3.05, 3.63) is 60.2 Å². The van der Waals surface area contributed by atoms with Gasteiger partial charge in [0.2, 0.25) is 0 Å². The third-order valence-corrected chi connectivity index (χ3v) is 5.00. The van der Waals surface area contributed by atoms with Gasteiger partial charge in [-0.25, -0.2) is 4.79 Å². The van der Waals surface area contributed by atoms with E-state index in [4.69, 9.17) is 4.74 Å². The first-order chi connectivity index (χ1) is 8.74. The summed E-state index contributed by atoms with van der Waals surface area (Å²) in [4.78, 5) is 11.8. The van der Waals surface area contributed by atoms with Crippen molar-refractivity contribution in [1.29, 1.82) is 0 Å². The molecule has 0 aliphatic rings. The summed E-state index contributed by atoms with van der Waals surface area (Å²) in [5.74, 6) is -0.268. The minimum absolute atomic E-state index is 0.268. The Kier molecular flexibility index (Phi) is 4.11. The molecule has 0 N–H and O–H groups in total. The van der Waals surface area contributed by atoms with E-state index in [1.807, 2.05) is 42.5 Å². The van der Waals surface area contributed by atoms with Gasteiger partial charge in [0.05, 0.1) is 12.7 Å². The van der Waals surface area contributed by atoms with Gasteiger partial charge in [-0.15, -0.1) is 0 Å². The Morgan fingerprint density at radius 2 is 1.61 bits per heavy atom. The molecule has 0 radical (unpaired) electrons. The summed E-state index contributed by atoms with van der Waals surface area (Å²) in [6.07, 6.45) is 0. The van der Waals surface area contributed by atoms with Crippen molar-refractivity contribution in [3.63, 3.8) is 0 Å². The molecule has 0 bridgehead atoms. The number of esters is 1. The quantitative estimate of drug-likeness (QED) is 0.624. The SMILES string of the molecule is COC(=O)c1ccccc1P(C)c1ccccc1. The zero-order chi connectivity index (χ0) is 13.0. The highest BCUT2D eigenvalue weighted by Gasteiger charge is 2.16. The van der Waals surface area contributed by atoms with Crippen LogP contribution < -0.4 is 10.6 Å². The average Bonchev–Trinajstić information content (AvgIpc) is 2.46. The van der Waals surface area contributed by atoms with Gasteiger partial charge in [-0.2, -0.15) is 0 Å². The lowest BCUT2D eigenvalue weighted by Crippen LogP contribution is -2.19. The van der Waals surface area contributed by atoms with Crippen LogP contribution in [0.5, 0.6) is 0 Å². The molecule has 0 fully saturated rings. The largest absolute Gasteiger partial charge is 0.465 e. The molecule has 0 saturated heterocycles. The Morgan fingerprint density at radius 1 is 1.00 bits per heavy atom. The third-order valence-electron chi connectivity index (χ3n) is 2.81. The van der Waals surface area contributed by atoms with Crippen molar-refractivity contribution in [3.8, 4) is 0 Å². The van der Waals surface area contributed by atoms with Gasteiger partial charge in [-0.05, 0) is 31.3 Å². The van der Waals surface area contributed by atoms with E-state index in [0.29, 0.717) is 5.56 Å². The van der Waals surface area contributed by atoms with E-state index in [9.17, 15) is 4.79 Å². The van der Waals surface area contributed by atoms with Crippen LogP contribution in [0.3, 0.4) is 0 Å². The summed E-state index contributed by atoms with van der Waals surface area (Å²) < 4.78 is 4.83. The number of benzene rings is 2. The minimum Gasteiger partial charge on any atom is -0.465 e. The average molecular weight is 258 g/mol. The molecule has 1 atom stereocenters. The maximum absolute atomic E-state index is 11.8. The van der Waals surface area contributed by atoms with Crippen LogP contribution in [0.25, 0.3) is 0 Å². The molecule has 2 rings (SSSR count). The molecule has 92 valence electrons. The standard InChI is InChI=1S/C15H15O2P/c1-17-15(16)13-10-6-7-11-14(13)18(2)12-8-4-3-5-9-12/h3-11H,1-2H3. The summed E-state index contributed by atoms with van der Waals surface area (Å²) in [7, 11) is 0.886. The van der Waals surface area contributed by atoms with Crippen LogP contribution in [0.1, 0.15) is 10.4 Å². The van der Waals surface area contributed by atoms with Crippen molar-refractivity contribution in [2.45, 2.75) is 0 Å². The van der Waals surface area contributed by atoms with E-state index in [2.05, 4.69) is 18.8 Å². The fraction of sp³-hybridized carbons (Fsp3) is 0.133. The summed E-state index contributed by atoms with van der Waals surface area (Å²) in [6.45, 7) is 2.16. The van der Waals surface area contributed by atoms with E-state index in [1.165, 1.54) is 12.4 Å². The summed E-state index contributed by atoms with van der Waals surface area (Å²) >= 11 is 0. The minimum atomic E-state index is -0.531. The number of hydrogen-bond donors (Lipinski definition) is 0.